The second-order valence-corrected chi connectivity index (χ2v) is 6.40. The third-order valence-corrected chi connectivity index (χ3v) is 4.87. The highest BCUT2D eigenvalue weighted by Gasteiger charge is 2.16. The topological polar surface area (TPSA) is 37.4 Å². The third kappa shape index (κ3) is 4.43. The molecule has 2 rings (SSSR count). The van der Waals surface area contributed by atoms with Crippen LogP contribution < -0.4 is 10.2 Å². The van der Waals surface area contributed by atoms with Gasteiger partial charge in [-0.1, -0.05) is 26.2 Å². The number of hydrogen-bond acceptors (Lipinski definition) is 5. The van der Waals surface area contributed by atoms with Gasteiger partial charge in [0.25, 0.3) is 0 Å². The van der Waals surface area contributed by atoms with E-state index in [1.165, 1.54) is 42.1 Å². The highest BCUT2D eigenvalue weighted by atomic mass is 32.1. The van der Waals surface area contributed by atoms with Gasteiger partial charge in [-0.05, 0) is 19.4 Å². The van der Waals surface area contributed by atoms with E-state index in [4.69, 9.17) is 9.72 Å². The zero-order valence-electron chi connectivity index (χ0n) is 12.8. The smallest absolute Gasteiger partial charge is 0.185 e. The van der Waals surface area contributed by atoms with Crippen molar-refractivity contribution in [1.29, 1.82) is 0 Å². The van der Waals surface area contributed by atoms with Crippen molar-refractivity contribution < 1.29 is 4.74 Å². The lowest BCUT2D eigenvalue weighted by Gasteiger charge is -2.23. The van der Waals surface area contributed by atoms with Crippen molar-refractivity contribution in [2.24, 2.45) is 0 Å². The predicted octanol–water partition coefficient (Wildman–Crippen LogP) is 3.17. The number of thiazole rings is 1. The average Bonchev–Trinajstić information content (AvgIpc) is 2.79. The van der Waals surface area contributed by atoms with Crippen LogP contribution in [0.1, 0.15) is 49.6 Å². The van der Waals surface area contributed by atoms with Crippen LogP contribution >= 0.6 is 11.3 Å². The first-order valence-electron chi connectivity index (χ1n) is 7.78. The summed E-state index contributed by atoms with van der Waals surface area (Å²) in [5, 5.41) is 4.59. The Morgan fingerprint density at radius 2 is 1.90 bits per heavy atom. The SMILES string of the molecule is CCNCc1sc(N2CCCCCCC2)nc1COC. The maximum atomic E-state index is 5.29. The Kier molecular flexibility index (Phi) is 6.76. The molecule has 4 nitrogen and oxygen atoms in total. The number of methoxy groups -OCH3 is 1. The van der Waals surface area contributed by atoms with Gasteiger partial charge in [-0.2, -0.15) is 0 Å². The molecule has 0 unspecified atom stereocenters. The molecule has 2 heterocycles. The van der Waals surface area contributed by atoms with Crippen LogP contribution in [0, 0.1) is 0 Å². The van der Waals surface area contributed by atoms with E-state index in [1.807, 2.05) is 11.3 Å². The zero-order valence-corrected chi connectivity index (χ0v) is 13.6. The number of hydrogen-bond donors (Lipinski definition) is 1. The molecule has 1 aromatic heterocycles. The summed E-state index contributed by atoms with van der Waals surface area (Å²) in [6.45, 7) is 6.95. The zero-order chi connectivity index (χ0) is 14.2. The first-order chi connectivity index (χ1) is 9.85. The van der Waals surface area contributed by atoms with Crippen molar-refractivity contribution in [3.63, 3.8) is 0 Å². The van der Waals surface area contributed by atoms with E-state index < -0.39 is 0 Å². The van der Waals surface area contributed by atoms with Gasteiger partial charge in [0.2, 0.25) is 0 Å². The number of aromatic nitrogens is 1. The minimum Gasteiger partial charge on any atom is -0.378 e. The van der Waals surface area contributed by atoms with Crippen LogP contribution in [-0.4, -0.2) is 31.7 Å². The van der Waals surface area contributed by atoms with Gasteiger partial charge in [0.15, 0.2) is 5.13 Å². The quantitative estimate of drug-likeness (QED) is 0.875. The fraction of sp³-hybridized carbons (Fsp3) is 0.800. The number of ether oxygens (including phenoxy) is 1. The Labute approximate surface area is 126 Å². The molecular formula is C15H27N3OS. The predicted molar refractivity (Wildman–Crippen MR) is 85.5 cm³/mol. The van der Waals surface area contributed by atoms with E-state index >= 15 is 0 Å². The summed E-state index contributed by atoms with van der Waals surface area (Å²) >= 11 is 1.83. The van der Waals surface area contributed by atoms with Gasteiger partial charge < -0.3 is 15.0 Å². The molecule has 20 heavy (non-hydrogen) atoms. The van der Waals surface area contributed by atoms with Crippen LogP contribution in [0.25, 0.3) is 0 Å². The van der Waals surface area contributed by atoms with E-state index in [1.54, 1.807) is 7.11 Å². The number of nitrogens with one attached hydrogen (secondary N) is 1. The van der Waals surface area contributed by atoms with Crippen molar-refractivity contribution in [2.45, 2.75) is 52.2 Å². The van der Waals surface area contributed by atoms with E-state index in [-0.39, 0.29) is 0 Å². The Balaban J connectivity index is 2.08. The fourth-order valence-electron chi connectivity index (χ4n) is 2.57. The standard InChI is InChI=1S/C15H27N3OS/c1-3-16-11-14-13(12-19-2)17-15(20-14)18-9-7-5-4-6-8-10-18/h16H,3-12H2,1-2H3. The fourth-order valence-corrected chi connectivity index (χ4v) is 3.65. The minimum absolute atomic E-state index is 0.616. The maximum Gasteiger partial charge on any atom is 0.185 e. The molecular weight excluding hydrogens is 270 g/mol. The Hall–Kier alpha value is -0.650. The minimum atomic E-state index is 0.616. The Morgan fingerprint density at radius 3 is 2.55 bits per heavy atom. The number of anilines is 1. The molecule has 1 aliphatic rings. The van der Waals surface area contributed by atoms with Crippen molar-refractivity contribution in [2.75, 3.05) is 31.6 Å². The van der Waals surface area contributed by atoms with E-state index in [9.17, 15) is 0 Å². The second-order valence-electron chi connectivity index (χ2n) is 5.33. The van der Waals surface area contributed by atoms with Crippen LogP contribution in [0.2, 0.25) is 0 Å². The van der Waals surface area contributed by atoms with Gasteiger partial charge in [-0.3, -0.25) is 0 Å². The molecule has 5 heteroatoms. The van der Waals surface area contributed by atoms with Crippen LogP contribution in [0.3, 0.4) is 0 Å². The van der Waals surface area contributed by atoms with Gasteiger partial charge in [-0.25, -0.2) is 4.98 Å². The number of nitrogens with zero attached hydrogens (tertiary/aromatic N) is 2. The van der Waals surface area contributed by atoms with Crippen LogP contribution in [0.15, 0.2) is 0 Å². The average molecular weight is 297 g/mol. The lowest BCUT2D eigenvalue weighted by Crippen LogP contribution is -2.26. The molecule has 1 aromatic rings. The molecule has 0 radical (unpaired) electrons. The monoisotopic (exact) mass is 297 g/mol. The summed E-state index contributed by atoms with van der Waals surface area (Å²) in [7, 11) is 1.74. The second kappa shape index (κ2) is 8.60. The molecule has 0 spiro atoms. The highest BCUT2D eigenvalue weighted by Crippen LogP contribution is 2.28. The summed E-state index contributed by atoms with van der Waals surface area (Å²) in [5.41, 5.74) is 1.11. The summed E-state index contributed by atoms with van der Waals surface area (Å²) in [4.78, 5) is 8.62. The molecule has 1 saturated heterocycles. The maximum absolute atomic E-state index is 5.29. The van der Waals surface area contributed by atoms with E-state index in [0.717, 1.165) is 31.9 Å². The van der Waals surface area contributed by atoms with Gasteiger partial charge in [0, 0.05) is 31.6 Å². The lowest BCUT2D eigenvalue weighted by molar-refractivity contribution is 0.181. The Bertz CT molecular complexity index is 386. The van der Waals surface area contributed by atoms with Gasteiger partial charge >= 0.3 is 0 Å². The molecule has 0 aliphatic carbocycles. The van der Waals surface area contributed by atoms with E-state index in [0.29, 0.717) is 6.61 Å². The molecule has 1 aliphatic heterocycles. The molecule has 114 valence electrons. The number of rotatable bonds is 6. The van der Waals surface area contributed by atoms with Gasteiger partial charge in [-0.15, -0.1) is 11.3 Å². The first-order valence-corrected chi connectivity index (χ1v) is 8.60. The van der Waals surface area contributed by atoms with Crippen molar-refractivity contribution in [1.82, 2.24) is 10.3 Å². The summed E-state index contributed by atoms with van der Waals surface area (Å²) in [6, 6.07) is 0. The van der Waals surface area contributed by atoms with Crippen LogP contribution in [0.4, 0.5) is 5.13 Å². The first kappa shape index (κ1) is 15.7. The summed E-state index contributed by atoms with van der Waals surface area (Å²) in [5.74, 6) is 0. The Morgan fingerprint density at radius 1 is 1.20 bits per heavy atom. The van der Waals surface area contributed by atoms with Crippen LogP contribution in [0.5, 0.6) is 0 Å². The molecule has 1 N–H and O–H groups in total. The third-order valence-electron chi connectivity index (χ3n) is 3.71. The molecule has 0 saturated carbocycles. The van der Waals surface area contributed by atoms with Gasteiger partial charge in [0.05, 0.1) is 12.3 Å². The normalized spacial score (nSPS) is 17.0. The highest BCUT2D eigenvalue weighted by molar-refractivity contribution is 7.15. The molecule has 0 amide bonds. The molecule has 0 aromatic carbocycles. The van der Waals surface area contributed by atoms with Crippen molar-refractivity contribution >= 4 is 16.5 Å². The molecule has 1 fully saturated rings. The van der Waals surface area contributed by atoms with E-state index in [2.05, 4.69) is 17.1 Å². The van der Waals surface area contributed by atoms with Crippen molar-refractivity contribution in [3.05, 3.63) is 10.6 Å². The molecule has 0 bridgehead atoms. The van der Waals surface area contributed by atoms with Crippen LogP contribution in [-0.2, 0) is 17.9 Å². The van der Waals surface area contributed by atoms with Crippen molar-refractivity contribution in [3.8, 4) is 0 Å². The largest absolute Gasteiger partial charge is 0.378 e. The lowest BCUT2D eigenvalue weighted by atomic mass is 10.1. The molecule has 0 atom stereocenters. The summed E-state index contributed by atoms with van der Waals surface area (Å²) in [6.07, 6.45) is 6.70. The van der Waals surface area contributed by atoms with Gasteiger partial charge in [0.1, 0.15) is 0 Å². The summed E-state index contributed by atoms with van der Waals surface area (Å²) < 4.78 is 5.29.